The first kappa shape index (κ1) is 14.1. The van der Waals surface area contributed by atoms with Gasteiger partial charge in [0.2, 0.25) is 0 Å². The van der Waals surface area contributed by atoms with Crippen molar-refractivity contribution in [3.63, 3.8) is 0 Å². The number of para-hydroxylation sites is 1. The molecule has 1 aromatic carbocycles. The summed E-state index contributed by atoms with van der Waals surface area (Å²) < 4.78 is 14.5. The molecule has 1 rings (SSSR count). The number of hydrogen-bond donors (Lipinski definition) is 4. The van der Waals surface area contributed by atoms with E-state index in [0.717, 1.165) is 0 Å². The van der Waals surface area contributed by atoms with Crippen molar-refractivity contribution in [2.24, 2.45) is 11.5 Å². The molecular formula is C8H15N2O4P. The molecule has 0 spiro atoms. The number of nitrogens with two attached hydrogens (primary N) is 2. The van der Waals surface area contributed by atoms with E-state index in [2.05, 4.69) is 4.52 Å². The first-order valence-electron chi connectivity index (χ1n) is 4.20. The molecule has 1 aromatic rings. The molecule has 0 aliphatic carbocycles. The van der Waals surface area contributed by atoms with E-state index < -0.39 is 7.82 Å². The van der Waals surface area contributed by atoms with Gasteiger partial charge in [-0.3, -0.25) is 9.79 Å². The number of rotatable bonds is 3. The normalized spacial score (nSPS) is 10.1. The van der Waals surface area contributed by atoms with Crippen molar-refractivity contribution in [2.45, 2.75) is 0 Å². The number of phosphoric ester groups is 1. The van der Waals surface area contributed by atoms with E-state index in [1.54, 1.807) is 18.2 Å². The summed E-state index contributed by atoms with van der Waals surface area (Å²) in [5.41, 5.74) is 9.81. The van der Waals surface area contributed by atoms with E-state index in [1.165, 1.54) is 12.1 Å². The van der Waals surface area contributed by atoms with Gasteiger partial charge in [-0.15, -0.1) is 0 Å². The van der Waals surface area contributed by atoms with Crippen molar-refractivity contribution in [3.05, 3.63) is 30.3 Å². The Morgan fingerprint density at radius 1 is 1.13 bits per heavy atom. The molecule has 0 fully saturated rings. The van der Waals surface area contributed by atoms with Gasteiger partial charge in [0.1, 0.15) is 5.75 Å². The molecule has 86 valence electrons. The second kappa shape index (κ2) is 7.39. The van der Waals surface area contributed by atoms with Gasteiger partial charge in [0.15, 0.2) is 0 Å². The molecule has 0 heterocycles. The molecule has 7 heteroatoms. The van der Waals surface area contributed by atoms with Gasteiger partial charge in [0.05, 0.1) is 0 Å². The van der Waals surface area contributed by atoms with Gasteiger partial charge in [0.25, 0.3) is 0 Å². The average Bonchev–Trinajstić information content (AvgIpc) is 2.17. The van der Waals surface area contributed by atoms with Gasteiger partial charge in [-0.05, 0) is 12.1 Å². The third-order valence-electron chi connectivity index (χ3n) is 1.13. The fraction of sp³-hybridized carbons (Fsp3) is 0.250. The maximum atomic E-state index is 10.3. The number of phosphoric acid groups is 1. The predicted molar refractivity (Wildman–Crippen MR) is 57.2 cm³/mol. The summed E-state index contributed by atoms with van der Waals surface area (Å²) in [7, 11) is -4.39. The molecule has 0 amide bonds. The highest BCUT2D eigenvalue weighted by Gasteiger charge is 2.14. The van der Waals surface area contributed by atoms with Crippen molar-refractivity contribution in [3.8, 4) is 5.75 Å². The first-order chi connectivity index (χ1) is 6.99. The lowest BCUT2D eigenvalue weighted by Crippen LogP contribution is -2.11. The van der Waals surface area contributed by atoms with Gasteiger partial charge in [-0.1, -0.05) is 18.2 Å². The Labute approximate surface area is 88.1 Å². The molecule has 0 atom stereocenters. The molecule has 0 saturated carbocycles. The Bertz CT molecular complexity index is 299. The molecule has 0 aliphatic heterocycles. The minimum Gasteiger partial charge on any atom is -0.404 e. The lowest BCUT2D eigenvalue weighted by atomic mass is 10.3. The van der Waals surface area contributed by atoms with Gasteiger partial charge in [-0.2, -0.15) is 0 Å². The summed E-state index contributed by atoms with van der Waals surface area (Å²) >= 11 is 0. The summed E-state index contributed by atoms with van der Waals surface area (Å²) in [5, 5.41) is 0. The van der Waals surface area contributed by atoms with Crippen LogP contribution < -0.4 is 16.0 Å². The van der Waals surface area contributed by atoms with Gasteiger partial charge < -0.3 is 16.0 Å². The maximum Gasteiger partial charge on any atom is 0.524 e. The molecule has 0 radical (unpaired) electrons. The highest BCUT2D eigenvalue weighted by Crippen LogP contribution is 2.36. The van der Waals surface area contributed by atoms with Crippen molar-refractivity contribution >= 4 is 7.82 Å². The second-order valence-corrected chi connectivity index (χ2v) is 3.64. The second-order valence-electron chi connectivity index (χ2n) is 2.47. The largest absolute Gasteiger partial charge is 0.524 e. The zero-order chi connectivity index (χ0) is 11.7. The predicted octanol–water partition coefficient (Wildman–Crippen LogP) is 0.0619. The highest BCUT2D eigenvalue weighted by molar-refractivity contribution is 7.46. The number of benzene rings is 1. The van der Waals surface area contributed by atoms with E-state index in [4.69, 9.17) is 21.3 Å². The fourth-order valence-corrected chi connectivity index (χ4v) is 1.02. The van der Waals surface area contributed by atoms with Gasteiger partial charge in [0, 0.05) is 13.1 Å². The standard InChI is InChI=1S/C6H7O4P.C2H8N2/c7-11(8,9)10-6-4-2-1-3-5-6;3-1-2-4/h1-5H,(H2,7,8,9);1-4H2. The van der Waals surface area contributed by atoms with Crippen LogP contribution in [-0.4, -0.2) is 22.9 Å². The van der Waals surface area contributed by atoms with Crippen molar-refractivity contribution < 1.29 is 18.9 Å². The molecule has 0 unspecified atom stereocenters. The van der Waals surface area contributed by atoms with E-state index >= 15 is 0 Å². The Kier molecular flexibility index (Phi) is 6.94. The van der Waals surface area contributed by atoms with E-state index in [0.29, 0.717) is 13.1 Å². The van der Waals surface area contributed by atoms with Crippen LogP contribution in [0.5, 0.6) is 5.75 Å². The molecule has 0 aromatic heterocycles. The Morgan fingerprint density at radius 2 is 1.60 bits per heavy atom. The quantitative estimate of drug-likeness (QED) is 0.549. The van der Waals surface area contributed by atoms with Crippen molar-refractivity contribution in [2.75, 3.05) is 13.1 Å². The van der Waals surface area contributed by atoms with Crippen LogP contribution in [0.15, 0.2) is 30.3 Å². The van der Waals surface area contributed by atoms with Crippen molar-refractivity contribution in [1.29, 1.82) is 0 Å². The summed E-state index contributed by atoms with van der Waals surface area (Å²) in [5.74, 6) is 0.167. The van der Waals surface area contributed by atoms with Crippen LogP contribution in [-0.2, 0) is 4.57 Å². The van der Waals surface area contributed by atoms with Crippen molar-refractivity contribution in [1.82, 2.24) is 0 Å². The van der Waals surface area contributed by atoms with Crippen LogP contribution in [0, 0.1) is 0 Å². The first-order valence-corrected chi connectivity index (χ1v) is 5.73. The molecule has 6 N–H and O–H groups in total. The lowest BCUT2D eigenvalue weighted by Gasteiger charge is -2.04. The van der Waals surface area contributed by atoms with Crippen LogP contribution in [0.25, 0.3) is 0 Å². The zero-order valence-electron chi connectivity index (χ0n) is 8.11. The van der Waals surface area contributed by atoms with Crippen LogP contribution in [0.2, 0.25) is 0 Å². The summed E-state index contributed by atoms with van der Waals surface area (Å²) in [4.78, 5) is 16.7. The molecule has 0 saturated heterocycles. The van der Waals surface area contributed by atoms with Crippen LogP contribution in [0.1, 0.15) is 0 Å². The molecule has 15 heavy (non-hydrogen) atoms. The van der Waals surface area contributed by atoms with Crippen LogP contribution in [0.3, 0.4) is 0 Å². The molecule has 0 aliphatic rings. The van der Waals surface area contributed by atoms with E-state index in [1.807, 2.05) is 0 Å². The Balaban J connectivity index is 0.000000423. The Morgan fingerprint density at radius 3 is 1.93 bits per heavy atom. The molecule has 6 nitrogen and oxygen atoms in total. The SMILES string of the molecule is NCCN.O=P(O)(O)Oc1ccccc1. The average molecular weight is 234 g/mol. The topological polar surface area (TPSA) is 119 Å². The lowest BCUT2D eigenvalue weighted by molar-refractivity contribution is 0.283. The third-order valence-corrected chi connectivity index (χ3v) is 1.58. The fourth-order valence-electron chi connectivity index (χ4n) is 0.619. The third kappa shape index (κ3) is 9.40. The summed E-state index contributed by atoms with van der Waals surface area (Å²) in [6, 6.07) is 7.93. The highest BCUT2D eigenvalue weighted by atomic mass is 31.2. The molecular weight excluding hydrogens is 219 g/mol. The Hall–Kier alpha value is -0.910. The molecule has 0 bridgehead atoms. The minimum absolute atomic E-state index is 0.167. The van der Waals surface area contributed by atoms with E-state index in [-0.39, 0.29) is 5.75 Å². The van der Waals surface area contributed by atoms with Gasteiger partial charge in [-0.25, -0.2) is 4.57 Å². The number of hydrogen-bond acceptors (Lipinski definition) is 4. The smallest absolute Gasteiger partial charge is 0.404 e. The zero-order valence-corrected chi connectivity index (χ0v) is 9.01. The van der Waals surface area contributed by atoms with Crippen LogP contribution in [0.4, 0.5) is 0 Å². The maximum absolute atomic E-state index is 10.3. The monoisotopic (exact) mass is 234 g/mol. The minimum atomic E-state index is -4.39. The van der Waals surface area contributed by atoms with Gasteiger partial charge >= 0.3 is 7.82 Å². The van der Waals surface area contributed by atoms with E-state index in [9.17, 15) is 4.57 Å². The summed E-state index contributed by atoms with van der Waals surface area (Å²) in [6.45, 7) is 1.19. The summed E-state index contributed by atoms with van der Waals surface area (Å²) in [6.07, 6.45) is 0. The van der Waals surface area contributed by atoms with Crippen LogP contribution >= 0.6 is 7.82 Å².